The lowest BCUT2D eigenvalue weighted by Gasteiger charge is -2.11. The van der Waals surface area contributed by atoms with E-state index in [4.69, 9.17) is 4.42 Å². The van der Waals surface area contributed by atoms with Crippen LogP contribution < -0.4 is 10.6 Å². The number of nitrogens with zero attached hydrogens (tertiary/aromatic N) is 3. The second-order valence-corrected chi connectivity index (χ2v) is 6.18. The van der Waals surface area contributed by atoms with Crippen LogP contribution in [0.2, 0.25) is 0 Å². The zero-order valence-corrected chi connectivity index (χ0v) is 15.8. The Morgan fingerprint density at radius 3 is 2.78 bits per heavy atom. The maximum Gasteiger partial charge on any atom is 0.226 e. The van der Waals surface area contributed by atoms with Crippen molar-refractivity contribution < 1.29 is 4.42 Å². The largest absolute Gasteiger partial charge is 0.444 e. The molecule has 0 aliphatic carbocycles. The van der Waals surface area contributed by atoms with Crippen LogP contribution in [0, 0.1) is 6.92 Å². The van der Waals surface area contributed by atoms with Crippen LogP contribution in [-0.4, -0.2) is 29.0 Å². The molecule has 3 rings (SSSR count). The van der Waals surface area contributed by atoms with Crippen molar-refractivity contribution in [3.8, 4) is 11.5 Å². The summed E-state index contributed by atoms with van der Waals surface area (Å²) in [6.07, 6.45) is 6.30. The molecule has 27 heavy (non-hydrogen) atoms. The summed E-state index contributed by atoms with van der Waals surface area (Å²) in [5.41, 5.74) is 4.26. The lowest BCUT2D eigenvalue weighted by Crippen LogP contribution is -2.38. The molecule has 2 N–H and O–H groups in total. The first-order valence-electron chi connectivity index (χ1n) is 9.17. The SMILES string of the molecule is CCNC(=NCc1coc(-c2ccccc2)n1)NCCc1ccncc1C. The topological polar surface area (TPSA) is 75.3 Å². The van der Waals surface area contributed by atoms with Gasteiger partial charge in [0.25, 0.3) is 0 Å². The molecule has 2 heterocycles. The molecule has 0 aliphatic rings. The van der Waals surface area contributed by atoms with Gasteiger partial charge in [0.05, 0.1) is 6.54 Å². The van der Waals surface area contributed by atoms with Gasteiger partial charge in [-0.15, -0.1) is 0 Å². The van der Waals surface area contributed by atoms with E-state index in [0.29, 0.717) is 12.4 Å². The summed E-state index contributed by atoms with van der Waals surface area (Å²) in [4.78, 5) is 13.3. The molecule has 3 aromatic rings. The number of aryl methyl sites for hydroxylation is 1. The molecule has 0 radical (unpaired) electrons. The van der Waals surface area contributed by atoms with Crippen molar-refractivity contribution in [3.63, 3.8) is 0 Å². The average Bonchev–Trinajstić information content (AvgIpc) is 3.17. The number of hydrogen-bond donors (Lipinski definition) is 2. The van der Waals surface area contributed by atoms with E-state index < -0.39 is 0 Å². The number of pyridine rings is 1. The number of benzene rings is 1. The molecule has 0 aliphatic heterocycles. The minimum Gasteiger partial charge on any atom is -0.444 e. The molecule has 0 unspecified atom stereocenters. The summed E-state index contributed by atoms with van der Waals surface area (Å²) in [7, 11) is 0. The van der Waals surface area contributed by atoms with E-state index in [9.17, 15) is 0 Å². The molecule has 0 fully saturated rings. The number of guanidine groups is 1. The van der Waals surface area contributed by atoms with Crippen molar-refractivity contribution in [1.29, 1.82) is 0 Å². The average molecular weight is 363 g/mol. The first kappa shape index (κ1) is 18.6. The Bertz CT molecular complexity index is 873. The second-order valence-electron chi connectivity index (χ2n) is 6.18. The molecule has 1 aromatic carbocycles. The Hall–Kier alpha value is -3.15. The smallest absolute Gasteiger partial charge is 0.226 e. The summed E-state index contributed by atoms with van der Waals surface area (Å²) < 4.78 is 5.57. The number of rotatable bonds is 7. The van der Waals surface area contributed by atoms with E-state index in [1.54, 1.807) is 6.26 Å². The summed E-state index contributed by atoms with van der Waals surface area (Å²) in [6, 6.07) is 11.9. The van der Waals surface area contributed by atoms with Crippen molar-refractivity contribution in [1.82, 2.24) is 20.6 Å². The van der Waals surface area contributed by atoms with Crippen LogP contribution in [0.25, 0.3) is 11.5 Å². The van der Waals surface area contributed by atoms with Crippen molar-refractivity contribution in [2.45, 2.75) is 26.8 Å². The Morgan fingerprint density at radius 1 is 1.15 bits per heavy atom. The minimum absolute atomic E-state index is 0.458. The van der Waals surface area contributed by atoms with Crippen LogP contribution in [0.4, 0.5) is 0 Å². The van der Waals surface area contributed by atoms with E-state index >= 15 is 0 Å². The van der Waals surface area contributed by atoms with E-state index in [0.717, 1.165) is 36.7 Å². The van der Waals surface area contributed by atoms with Crippen LogP contribution in [0.1, 0.15) is 23.7 Å². The van der Waals surface area contributed by atoms with Crippen LogP contribution >= 0.6 is 0 Å². The number of aliphatic imine (C=N–C) groups is 1. The summed E-state index contributed by atoms with van der Waals surface area (Å²) in [6.45, 7) is 6.18. The van der Waals surface area contributed by atoms with Gasteiger partial charge in [-0.25, -0.2) is 9.98 Å². The molecule has 6 heteroatoms. The van der Waals surface area contributed by atoms with Crippen molar-refractivity contribution in [3.05, 3.63) is 71.9 Å². The molecule has 0 saturated carbocycles. The highest BCUT2D eigenvalue weighted by molar-refractivity contribution is 5.79. The monoisotopic (exact) mass is 363 g/mol. The number of oxazole rings is 1. The number of hydrogen-bond acceptors (Lipinski definition) is 4. The summed E-state index contributed by atoms with van der Waals surface area (Å²) in [5.74, 6) is 1.39. The van der Waals surface area contributed by atoms with Gasteiger partial charge in [-0.1, -0.05) is 18.2 Å². The predicted molar refractivity (Wildman–Crippen MR) is 107 cm³/mol. The fourth-order valence-corrected chi connectivity index (χ4v) is 2.69. The lowest BCUT2D eigenvalue weighted by atomic mass is 10.1. The molecule has 0 amide bonds. The van der Waals surface area contributed by atoms with Crippen LogP contribution in [0.3, 0.4) is 0 Å². The summed E-state index contributed by atoms with van der Waals surface area (Å²) >= 11 is 0. The van der Waals surface area contributed by atoms with Gasteiger partial charge in [0.2, 0.25) is 5.89 Å². The maximum absolute atomic E-state index is 5.57. The van der Waals surface area contributed by atoms with Crippen molar-refractivity contribution in [2.24, 2.45) is 4.99 Å². The van der Waals surface area contributed by atoms with Crippen LogP contribution in [-0.2, 0) is 13.0 Å². The molecule has 0 saturated heterocycles. The highest BCUT2D eigenvalue weighted by atomic mass is 16.3. The number of aromatic nitrogens is 2. The molecule has 0 spiro atoms. The van der Waals surface area contributed by atoms with E-state index in [1.807, 2.05) is 49.6 Å². The second kappa shape index (κ2) is 9.52. The van der Waals surface area contributed by atoms with Gasteiger partial charge in [-0.05, 0) is 49.6 Å². The fourth-order valence-electron chi connectivity index (χ4n) is 2.69. The lowest BCUT2D eigenvalue weighted by molar-refractivity contribution is 0.572. The molecule has 140 valence electrons. The van der Waals surface area contributed by atoms with Gasteiger partial charge >= 0.3 is 0 Å². The number of nitrogens with one attached hydrogen (secondary N) is 2. The maximum atomic E-state index is 5.57. The minimum atomic E-state index is 0.458. The van der Waals surface area contributed by atoms with E-state index in [-0.39, 0.29) is 0 Å². The third-order valence-corrected chi connectivity index (χ3v) is 4.14. The zero-order chi connectivity index (χ0) is 18.9. The first-order chi connectivity index (χ1) is 13.3. The first-order valence-corrected chi connectivity index (χ1v) is 9.17. The van der Waals surface area contributed by atoms with Gasteiger partial charge in [0.15, 0.2) is 5.96 Å². The van der Waals surface area contributed by atoms with Crippen molar-refractivity contribution in [2.75, 3.05) is 13.1 Å². The Labute approximate surface area is 159 Å². The predicted octanol–water partition coefficient (Wildman–Crippen LogP) is 3.34. The van der Waals surface area contributed by atoms with E-state index in [2.05, 4.69) is 38.6 Å². The van der Waals surface area contributed by atoms with E-state index in [1.165, 1.54) is 11.1 Å². The molecular weight excluding hydrogens is 338 g/mol. The van der Waals surface area contributed by atoms with Gasteiger partial charge in [-0.2, -0.15) is 0 Å². The van der Waals surface area contributed by atoms with Crippen LogP contribution in [0.5, 0.6) is 0 Å². The Kier molecular flexibility index (Phi) is 6.57. The molecule has 6 nitrogen and oxygen atoms in total. The van der Waals surface area contributed by atoms with Gasteiger partial charge in [0.1, 0.15) is 12.0 Å². The molecule has 0 atom stereocenters. The highest BCUT2D eigenvalue weighted by Gasteiger charge is 2.06. The van der Waals surface area contributed by atoms with Gasteiger partial charge in [-0.3, -0.25) is 4.98 Å². The Morgan fingerprint density at radius 2 is 2.00 bits per heavy atom. The molecule has 2 aromatic heterocycles. The zero-order valence-electron chi connectivity index (χ0n) is 15.8. The quantitative estimate of drug-likeness (QED) is 0.497. The molecule has 0 bridgehead atoms. The standard InChI is InChI=1S/C21H25N5O/c1-3-23-21(24-12-10-17-9-11-22-13-16(17)2)25-14-19-15-27-20(26-19)18-7-5-4-6-8-18/h4-9,11,13,15H,3,10,12,14H2,1-2H3,(H2,23,24,25). The van der Waals surface area contributed by atoms with Crippen LogP contribution in [0.15, 0.2) is 64.5 Å². The van der Waals surface area contributed by atoms with Crippen molar-refractivity contribution >= 4 is 5.96 Å². The van der Waals surface area contributed by atoms with Gasteiger partial charge in [0, 0.05) is 31.0 Å². The molecular formula is C21H25N5O. The normalized spacial score (nSPS) is 11.4. The summed E-state index contributed by atoms with van der Waals surface area (Å²) in [5, 5.41) is 6.63. The Balaban J connectivity index is 1.57. The highest BCUT2D eigenvalue weighted by Crippen LogP contribution is 2.18. The van der Waals surface area contributed by atoms with Gasteiger partial charge < -0.3 is 15.1 Å². The third kappa shape index (κ3) is 5.41. The fraction of sp³-hybridized carbons (Fsp3) is 0.286. The third-order valence-electron chi connectivity index (χ3n) is 4.14.